The third kappa shape index (κ3) is 5.95. The lowest BCUT2D eigenvalue weighted by Crippen LogP contribution is -2.33. The number of hydrogen-bond donors (Lipinski definition) is 0. The topological polar surface area (TPSA) is 104 Å². The zero-order valence-electron chi connectivity index (χ0n) is 20.2. The van der Waals surface area contributed by atoms with Gasteiger partial charge in [0.05, 0.1) is 12.0 Å². The van der Waals surface area contributed by atoms with Crippen molar-refractivity contribution in [3.05, 3.63) is 75.0 Å². The number of allylic oxidation sites excluding steroid dienone is 2. The van der Waals surface area contributed by atoms with Crippen LogP contribution in [0.25, 0.3) is 16.7 Å². The van der Waals surface area contributed by atoms with E-state index in [9.17, 15) is 14.4 Å². The minimum absolute atomic E-state index is 0.0182. The van der Waals surface area contributed by atoms with Crippen LogP contribution in [-0.4, -0.2) is 52.4 Å². The molecule has 35 heavy (non-hydrogen) atoms. The van der Waals surface area contributed by atoms with Crippen LogP contribution in [-0.2, 0) is 20.8 Å². The van der Waals surface area contributed by atoms with Gasteiger partial charge in [-0.2, -0.15) is 4.99 Å². The molecule has 0 spiro atoms. The number of methoxy groups -OCH3 is 1. The van der Waals surface area contributed by atoms with E-state index in [0.29, 0.717) is 30.9 Å². The highest BCUT2D eigenvalue weighted by molar-refractivity contribution is 8.01. The maximum atomic E-state index is 13.4. The average Bonchev–Trinajstić information content (AvgIpc) is 2.84. The summed E-state index contributed by atoms with van der Waals surface area (Å²) >= 11 is 1.50. The highest BCUT2D eigenvalue weighted by atomic mass is 32.2. The number of hydrogen-bond acceptors (Lipinski definition) is 7. The minimum Gasteiger partial charge on any atom is -0.462 e. The van der Waals surface area contributed by atoms with Crippen molar-refractivity contribution in [2.45, 2.75) is 26.8 Å². The van der Waals surface area contributed by atoms with Crippen LogP contribution in [0.5, 0.6) is 0 Å². The fraction of sp³-hybridized carbons (Fsp3) is 0.320. The molecule has 0 fully saturated rings. The molecule has 3 heterocycles. The van der Waals surface area contributed by atoms with E-state index in [1.165, 1.54) is 28.3 Å². The second kappa shape index (κ2) is 12.3. The zero-order valence-corrected chi connectivity index (χ0v) is 21.0. The quantitative estimate of drug-likeness (QED) is 0.147. The van der Waals surface area contributed by atoms with Gasteiger partial charge in [0, 0.05) is 32.5 Å². The molecule has 1 amide bonds. The van der Waals surface area contributed by atoms with Crippen LogP contribution in [0.3, 0.4) is 0 Å². The van der Waals surface area contributed by atoms with Crippen molar-refractivity contribution < 1.29 is 19.1 Å². The monoisotopic (exact) mass is 496 g/mol. The van der Waals surface area contributed by atoms with Crippen molar-refractivity contribution >= 4 is 40.3 Å². The highest BCUT2D eigenvalue weighted by Gasteiger charge is 2.20. The molecule has 0 aliphatic rings. The number of fused-ring (bicyclic) bond motifs is 2. The standard InChI is InChI=1S/C25H28N4O5S/c1-5-34-25(32)19-16-18-22(27-21-17(2)10-8-12-29(21)24(18)31)28(13-9-14-33-3)23(19)26-20(30)11-6-7-15-35-4/h6-8,10-12,15-16H,5,9,13-14H2,1-4H3/b11-6+,15-7-,26-23?. The summed E-state index contributed by atoms with van der Waals surface area (Å²) in [6.45, 7) is 4.41. The largest absolute Gasteiger partial charge is 0.462 e. The van der Waals surface area contributed by atoms with Gasteiger partial charge in [-0.3, -0.25) is 14.0 Å². The van der Waals surface area contributed by atoms with Crippen molar-refractivity contribution in [3.8, 4) is 0 Å². The third-order valence-electron chi connectivity index (χ3n) is 5.11. The number of carbonyl (C=O) groups is 2. The van der Waals surface area contributed by atoms with E-state index in [-0.39, 0.29) is 28.6 Å². The molecule has 3 aromatic rings. The molecule has 0 aliphatic carbocycles. The molecule has 0 atom stereocenters. The van der Waals surface area contributed by atoms with Crippen LogP contribution < -0.4 is 11.0 Å². The Morgan fingerprint density at radius 2 is 2.06 bits per heavy atom. The summed E-state index contributed by atoms with van der Waals surface area (Å²) in [5, 5.41) is 2.04. The summed E-state index contributed by atoms with van der Waals surface area (Å²) in [6.07, 6.45) is 8.67. The van der Waals surface area contributed by atoms with Crippen LogP contribution in [0.1, 0.15) is 29.3 Å². The Hall–Kier alpha value is -3.50. The van der Waals surface area contributed by atoms with E-state index in [0.717, 1.165) is 5.56 Å². The predicted octanol–water partition coefficient (Wildman–Crippen LogP) is 3.03. The van der Waals surface area contributed by atoms with Crippen molar-refractivity contribution in [1.29, 1.82) is 0 Å². The van der Waals surface area contributed by atoms with Crippen molar-refractivity contribution in [3.63, 3.8) is 0 Å². The molecule has 10 heteroatoms. The second-order valence-corrected chi connectivity index (χ2v) is 8.26. The van der Waals surface area contributed by atoms with Crippen molar-refractivity contribution in [2.75, 3.05) is 26.6 Å². The van der Waals surface area contributed by atoms with E-state index < -0.39 is 11.9 Å². The lowest BCUT2D eigenvalue weighted by molar-refractivity contribution is -0.113. The smallest absolute Gasteiger partial charge is 0.341 e. The van der Waals surface area contributed by atoms with Crippen LogP contribution in [0.4, 0.5) is 0 Å². The van der Waals surface area contributed by atoms with Gasteiger partial charge >= 0.3 is 5.97 Å². The van der Waals surface area contributed by atoms with E-state index in [2.05, 4.69) is 4.99 Å². The summed E-state index contributed by atoms with van der Waals surface area (Å²) in [5.41, 5.74) is 1.38. The molecule has 3 aromatic heterocycles. The summed E-state index contributed by atoms with van der Waals surface area (Å²) < 4.78 is 13.5. The number of aryl methyl sites for hydroxylation is 2. The summed E-state index contributed by atoms with van der Waals surface area (Å²) in [6, 6.07) is 5.03. The van der Waals surface area contributed by atoms with Gasteiger partial charge in [0.2, 0.25) is 0 Å². The Balaban J connectivity index is 2.41. The van der Waals surface area contributed by atoms with Gasteiger partial charge in [0.15, 0.2) is 5.49 Å². The first-order chi connectivity index (χ1) is 16.9. The Morgan fingerprint density at radius 1 is 1.26 bits per heavy atom. The van der Waals surface area contributed by atoms with Gasteiger partial charge < -0.3 is 14.0 Å². The summed E-state index contributed by atoms with van der Waals surface area (Å²) in [5.74, 6) is -1.24. The Morgan fingerprint density at radius 3 is 2.77 bits per heavy atom. The second-order valence-electron chi connectivity index (χ2n) is 7.51. The lowest BCUT2D eigenvalue weighted by Gasteiger charge is -2.15. The highest BCUT2D eigenvalue weighted by Crippen LogP contribution is 2.14. The summed E-state index contributed by atoms with van der Waals surface area (Å²) in [4.78, 5) is 48.0. The Labute approximate surface area is 206 Å². The van der Waals surface area contributed by atoms with Gasteiger partial charge in [-0.05, 0) is 49.6 Å². The fourth-order valence-corrected chi connectivity index (χ4v) is 3.80. The molecule has 0 bridgehead atoms. The molecular formula is C25H28N4O5S. The molecule has 0 saturated carbocycles. The Bertz CT molecular complexity index is 1440. The van der Waals surface area contributed by atoms with Gasteiger partial charge in [-0.15, -0.1) is 11.8 Å². The number of esters is 1. The maximum absolute atomic E-state index is 13.4. The molecule has 0 radical (unpaired) electrons. The van der Waals surface area contributed by atoms with Crippen molar-refractivity contribution in [2.24, 2.45) is 4.99 Å². The average molecular weight is 497 g/mol. The molecule has 0 aliphatic heterocycles. The Kier molecular flexibility index (Phi) is 9.16. The van der Waals surface area contributed by atoms with Crippen LogP contribution in [0.15, 0.2) is 57.8 Å². The lowest BCUT2D eigenvalue weighted by atomic mass is 10.2. The first-order valence-electron chi connectivity index (χ1n) is 11.1. The molecular weight excluding hydrogens is 468 g/mol. The number of thioether (sulfide) groups is 1. The van der Waals surface area contributed by atoms with Gasteiger partial charge in [-0.1, -0.05) is 18.2 Å². The minimum atomic E-state index is -0.679. The van der Waals surface area contributed by atoms with Crippen LogP contribution >= 0.6 is 11.8 Å². The number of ether oxygens (including phenoxy) is 2. The molecule has 0 N–H and O–H groups in total. The predicted molar refractivity (Wildman–Crippen MR) is 137 cm³/mol. The van der Waals surface area contributed by atoms with E-state index in [1.807, 2.05) is 24.7 Å². The molecule has 184 valence electrons. The number of pyridine rings is 2. The van der Waals surface area contributed by atoms with Crippen LogP contribution in [0, 0.1) is 6.92 Å². The molecule has 0 saturated heterocycles. The van der Waals surface area contributed by atoms with Crippen LogP contribution in [0.2, 0.25) is 0 Å². The summed E-state index contributed by atoms with van der Waals surface area (Å²) in [7, 11) is 1.58. The van der Waals surface area contributed by atoms with E-state index in [1.54, 1.807) is 43.0 Å². The first-order valence-corrected chi connectivity index (χ1v) is 12.4. The molecule has 9 nitrogen and oxygen atoms in total. The first kappa shape index (κ1) is 26.1. The SMILES string of the molecule is CCOC(=O)c1cc2c(=O)n3cccc(C)c3nc2n(CCCOC)c1=NC(=O)/C=C/C=C\SC. The molecule has 3 rings (SSSR count). The van der Waals surface area contributed by atoms with Gasteiger partial charge in [0.25, 0.3) is 11.5 Å². The van der Waals surface area contributed by atoms with Gasteiger partial charge in [0.1, 0.15) is 16.9 Å². The number of rotatable bonds is 9. The third-order valence-corrected chi connectivity index (χ3v) is 5.54. The van der Waals surface area contributed by atoms with E-state index >= 15 is 0 Å². The number of carbonyl (C=O) groups excluding carboxylic acids is 2. The van der Waals surface area contributed by atoms with E-state index in [4.69, 9.17) is 14.5 Å². The maximum Gasteiger partial charge on any atom is 0.341 e. The van der Waals surface area contributed by atoms with Crippen molar-refractivity contribution in [1.82, 2.24) is 14.0 Å². The fourth-order valence-electron chi connectivity index (χ4n) is 3.55. The number of nitrogens with zero attached hydrogens (tertiary/aromatic N) is 4. The zero-order chi connectivity index (χ0) is 25.4. The molecule has 0 unspecified atom stereocenters. The normalized spacial score (nSPS) is 12.4. The van der Waals surface area contributed by atoms with Gasteiger partial charge in [-0.25, -0.2) is 9.78 Å². The number of aromatic nitrogens is 3. The number of amides is 1. The molecule has 0 aromatic carbocycles.